The van der Waals surface area contributed by atoms with Gasteiger partial charge in [-0.15, -0.1) is 0 Å². The first kappa shape index (κ1) is 12.3. The van der Waals surface area contributed by atoms with Gasteiger partial charge in [0.1, 0.15) is 5.75 Å². The van der Waals surface area contributed by atoms with Crippen LogP contribution in [0.25, 0.3) is 0 Å². The van der Waals surface area contributed by atoms with E-state index in [-0.39, 0.29) is 12.5 Å². The highest BCUT2D eigenvalue weighted by Crippen LogP contribution is 2.27. The molecule has 1 aromatic rings. The summed E-state index contributed by atoms with van der Waals surface area (Å²) < 4.78 is 5.99. The number of halogens is 2. The van der Waals surface area contributed by atoms with E-state index >= 15 is 0 Å². The van der Waals surface area contributed by atoms with Gasteiger partial charge in [-0.05, 0) is 12.1 Å². The maximum atomic E-state index is 11.2. The van der Waals surface area contributed by atoms with Crippen LogP contribution < -0.4 is 4.74 Å². The number of benzene rings is 1. The zero-order valence-electron chi connectivity index (χ0n) is 8.38. The number of nitrogens with zero attached hydrogens (tertiary/aromatic N) is 1. The van der Waals surface area contributed by atoms with Crippen molar-refractivity contribution < 1.29 is 9.53 Å². The van der Waals surface area contributed by atoms with Crippen molar-refractivity contribution in [1.29, 1.82) is 0 Å². The minimum Gasteiger partial charge on any atom is -0.482 e. The SMILES string of the molecule is CN(C)C(=O)COc1c[c]c(Br)cc1Cl. The summed E-state index contributed by atoms with van der Waals surface area (Å²) in [6.07, 6.45) is 0. The molecule has 0 unspecified atom stereocenters. The number of amides is 1. The van der Waals surface area contributed by atoms with Crippen LogP contribution in [0.2, 0.25) is 5.02 Å². The Balaban J connectivity index is 2.62. The largest absolute Gasteiger partial charge is 0.482 e. The van der Waals surface area contributed by atoms with E-state index in [0.29, 0.717) is 10.8 Å². The predicted molar refractivity (Wildman–Crippen MR) is 62.2 cm³/mol. The fraction of sp³-hybridized carbons (Fsp3) is 0.300. The predicted octanol–water partition coefficient (Wildman–Crippen LogP) is 2.37. The van der Waals surface area contributed by atoms with Crippen LogP contribution in [0.4, 0.5) is 0 Å². The van der Waals surface area contributed by atoms with Gasteiger partial charge in [-0.1, -0.05) is 27.5 Å². The molecule has 1 amide bonds. The van der Waals surface area contributed by atoms with Crippen molar-refractivity contribution >= 4 is 33.4 Å². The molecular formula is C10H10BrClNO2. The third-order valence-electron chi connectivity index (χ3n) is 1.68. The molecule has 1 radical (unpaired) electrons. The van der Waals surface area contributed by atoms with Crippen molar-refractivity contribution in [2.45, 2.75) is 0 Å². The summed E-state index contributed by atoms with van der Waals surface area (Å²) >= 11 is 9.12. The summed E-state index contributed by atoms with van der Waals surface area (Å²) in [6, 6.07) is 6.13. The molecule has 1 rings (SSSR count). The molecule has 0 saturated carbocycles. The molecule has 0 aliphatic rings. The van der Waals surface area contributed by atoms with Crippen LogP contribution in [0.15, 0.2) is 16.6 Å². The lowest BCUT2D eigenvalue weighted by Gasteiger charge is -2.12. The van der Waals surface area contributed by atoms with E-state index in [1.807, 2.05) is 0 Å². The normalized spacial score (nSPS) is 9.87. The summed E-state index contributed by atoms with van der Waals surface area (Å²) in [5.41, 5.74) is 0. The van der Waals surface area contributed by atoms with Crippen molar-refractivity contribution in [3.63, 3.8) is 0 Å². The molecule has 0 aliphatic heterocycles. The van der Waals surface area contributed by atoms with E-state index in [1.165, 1.54) is 4.90 Å². The van der Waals surface area contributed by atoms with Crippen molar-refractivity contribution in [3.05, 3.63) is 27.7 Å². The van der Waals surface area contributed by atoms with E-state index in [9.17, 15) is 4.79 Å². The molecule has 0 saturated heterocycles. The molecule has 0 aromatic heterocycles. The van der Waals surface area contributed by atoms with E-state index in [2.05, 4.69) is 22.0 Å². The Bertz CT molecular complexity index is 368. The van der Waals surface area contributed by atoms with Gasteiger partial charge in [0.15, 0.2) is 6.61 Å². The lowest BCUT2D eigenvalue weighted by molar-refractivity contribution is -0.130. The molecule has 5 heteroatoms. The Morgan fingerprint density at radius 3 is 2.87 bits per heavy atom. The van der Waals surface area contributed by atoms with Gasteiger partial charge in [0.25, 0.3) is 5.91 Å². The van der Waals surface area contributed by atoms with E-state index in [1.54, 1.807) is 26.2 Å². The Hall–Kier alpha value is -0.740. The van der Waals surface area contributed by atoms with Crippen LogP contribution >= 0.6 is 27.5 Å². The van der Waals surface area contributed by atoms with Gasteiger partial charge >= 0.3 is 0 Å². The van der Waals surface area contributed by atoms with Crippen LogP contribution in [0.5, 0.6) is 5.75 Å². The molecule has 81 valence electrons. The maximum absolute atomic E-state index is 11.2. The lowest BCUT2D eigenvalue weighted by Crippen LogP contribution is -2.27. The van der Waals surface area contributed by atoms with Gasteiger partial charge in [0.2, 0.25) is 0 Å². The topological polar surface area (TPSA) is 29.5 Å². The van der Waals surface area contributed by atoms with Crippen molar-refractivity contribution in [1.82, 2.24) is 4.90 Å². The van der Waals surface area contributed by atoms with Crippen molar-refractivity contribution in [2.75, 3.05) is 20.7 Å². The molecular weight excluding hydrogens is 281 g/mol. The molecule has 0 heterocycles. The van der Waals surface area contributed by atoms with Gasteiger partial charge in [-0.3, -0.25) is 4.79 Å². The first-order chi connectivity index (χ1) is 7.00. The summed E-state index contributed by atoms with van der Waals surface area (Å²) in [4.78, 5) is 12.7. The third-order valence-corrected chi connectivity index (χ3v) is 2.43. The summed E-state index contributed by atoms with van der Waals surface area (Å²) in [7, 11) is 3.34. The molecule has 1 aromatic carbocycles. The zero-order chi connectivity index (χ0) is 11.4. The smallest absolute Gasteiger partial charge is 0.259 e. The van der Waals surface area contributed by atoms with E-state index in [4.69, 9.17) is 16.3 Å². The fourth-order valence-electron chi connectivity index (χ4n) is 0.807. The Kier molecular flexibility index (Phi) is 4.42. The Morgan fingerprint density at radius 1 is 1.67 bits per heavy atom. The van der Waals surface area contributed by atoms with Crippen LogP contribution in [0, 0.1) is 6.07 Å². The number of carbonyl (C=O) groups is 1. The van der Waals surface area contributed by atoms with E-state index in [0.717, 1.165) is 4.47 Å². The van der Waals surface area contributed by atoms with Gasteiger partial charge in [0, 0.05) is 24.6 Å². The number of hydrogen-bond acceptors (Lipinski definition) is 2. The molecule has 0 spiro atoms. The highest BCUT2D eigenvalue weighted by Gasteiger charge is 2.07. The molecule has 15 heavy (non-hydrogen) atoms. The molecule has 0 atom stereocenters. The molecule has 0 N–H and O–H groups in total. The summed E-state index contributed by atoms with van der Waals surface area (Å²) in [5, 5.41) is 0.451. The number of rotatable bonds is 3. The molecule has 0 aliphatic carbocycles. The highest BCUT2D eigenvalue weighted by atomic mass is 79.9. The first-order valence-corrected chi connectivity index (χ1v) is 5.37. The Morgan fingerprint density at radius 2 is 2.33 bits per heavy atom. The number of likely N-dealkylation sites (N-methyl/N-ethyl adjacent to an activating group) is 1. The average Bonchev–Trinajstić information content (AvgIpc) is 2.15. The maximum Gasteiger partial charge on any atom is 0.259 e. The average molecular weight is 292 g/mol. The summed E-state index contributed by atoms with van der Waals surface area (Å²) in [6.45, 7) is -0.0256. The van der Waals surface area contributed by atoms with Gasteiger partial charge < -0.3 is 9.64 Å². The van der Waals surface area contributed by atoms with Crippen molar-refractivity contribution in [2.24, 2.45) is 0 Å². The molecule has 0 bridgehead atoms. The lowest BCUT2D eigenvalue weighted by atomic mass is 10.3. The van der Waals surface area contributed by atoms with Crippen LogP contribution in [-0.2, 0) is 4.79 Å². The number of ether oxygens (including phenoxy) is 1. The van der Waals surface area contributed by atoms with Crippen LogP contribution in [0.1, 0.15) is 0 Å². The highest BCUT2D eigenvalue weighted by molar-refractivity contribution is 9.10. The minimum atomic E-state index is -0.117. The monoisotopic (exact) mass is 290 g/mol. The second-order valence-corrected chi connectivity index (χ2v) is 4.33. The minimum absolute atomic E-state index is 0.0256. The third kappa shape index (κ3) is 3.72. The van der Waals surface area contributed by atoms with Crippen LogP contribution in [-0.4, -0.2) is 31.5 Å². The van der Waals surface area contributed by atoms with Gasteiger partial charge in [-0.25, -0.2) is 0 Å². The fourth-order valence-corrected chi connectivity index (χ4v) is 1.50. The quantitative estimate of drug-likeness (QED) is 0.856. The van der Waals surface area contributed by atoms with E-state index < -0.39 is 0 Å². The van der Waals surface area contributed by atoms with Gasteiger partial charge in [-0.2, -0.15) is 0 Å². The standard InChI is InChI=1S/C10H10BrClNO2/c1-13(2)10(14)6-15-9-4-3-7(11)5-8(9)12/h4-5H,6H2,1-2H3. The molecule has 0 fully saturated rings. The van der Waals surface area contributed by atoms with Crippen molar-refractivity contribution in [3.8, 4) is 5.75 Å². The van der Waals surface area contributed by atoms with Crippen LogP contribution in [0.3, 0.4) is 0 Å². The first-order valence-electron chi connectivity index (χ1n) is 4.20. The summed E-state index contributed by atoms with van der Waals surface area (Å²) in [5.74, 6) is 0.337. The number of carbonyl (C=O) groups excluding carboxylic acids is 1. The second kappa shape index (κ2) is 5.37. The number of hydrogen-bond donors (Lipinski definition) is 0. The second-order valence-electron chi connectivity index (χ2n) is 3.07. The van der Waals surface area contributed by atoms with Gasteiger partial charge in [0.05, 0.1) is 5.02 Å². The Labute approximate surface area is 102 Å². The molecule has 3 nitrogen and oxygen atoms in total. The zero-order valence-corrected chi connectivity index (χ0v) is 10.7.